The van der Waals surface area contributed by atoms with Crippen LogP contribution in [-0.2, 0) is 0 Å². The number of nitrogens with zero attached hydrogens (tertiary/aromatic N) is 2. The molecule has 18 heavy (non-hydrogen) atoms. The molecule has 0 aliphatic heterocycles. The highest BCUT2D eigenvalue weighted by molar-refractivity contribution is 5.62. The van der Waals surface area contributed by atoms with Crippen LogP contribution < -0.4 is 11.1 Å². The third kappa shape index (κ3) is 3.94. The molecular weight excluding hydrogens is 224 g/mol. The summed E-state index contributed by atoms with van der Waals surface area (Å²) in [4.78, 5) is 2.36. The summed E-state index contributed by atoms with van der Waals surface area (Å²) in [7, 11) is 0. The summed E-state index contributed by atoms with van der Waals surface area (Å²) in [6, 6.07) is 7.91. The maximum Gasteiger partial charge on any atom is 0.101 e. The average Bonchev–Trinajstić information content (AvgIpc) is 2.38. The van der Waals surface area contributed by atoms with Crippen LogP contribution in [0.5, 0.6) is 0 Å². The smallest absolute Gasteiger partial charge is 0.101 e. The van der Waals surface area contributed by atoms with E-state index in [-0.39, 0.29) is 0 Å². The second kappa shape index (κ2) is 6.87. The van der Waals surface area contributed by atoms with Crippen molar-refractivity contribution in [3.8, 4) is 6.07 Å². The summed E-state index contributed by atoms with van der Waals surface area (Å²) < 4.78 is 0. The molecule has 1 aromatic carbocycles. The van der Waals surface area contributed by atoms with Crippen molar-refractivity contribution in [2.45, 2.75) is 26.8 Å². The van der Waals surface area contributed by atoms with Crippen LogP contribution in [0.25, 0.3) is 0 Å². The fourth-order valence-corrected chi connectivity index (χ4v) is 1.94. The van der Waals surface area contributed by atoms with Gasteiger partial charge < -0.3 is 16.0 Å². The van der Waals surface area contributed by atoms with Crippen LogP contribution in [0, 0.1) is 11.3 Å². The second-order valence-corrected chi connectivity index (χ2v) is 4.45. The van der Waals surface area contributed by atoms with Crippen LogP contribution in [0.4, 0.5) is 11.4 Å². The summed E-state index contributed by atoms with van der Waals surface area (Å²) >= 11 is 0. The Hall–Kier alpha value is -1.73. The maximum absolute atomic E-state index is 8.93. The third-order valence-electron chi connectivity index (χ3n) is 3.01. The van der Waals surface area contributed by atoms with E-state index in [1.807, 2.05) is 6.07 Å². The second-order valence-electron chi connectivity index (χ2n) is 4.45. The number of nitrogens with two attached hydrogens (primary N) is 1. The van der Waals surface area contributed by atoms with E-state index < -0.39 is 0 Å². The molecule has 4 nitrogen and oxygen atoms in total. The molecular formula is C14H22N4. The first-order valence-corrected chi connectivity index (χ1v) is 6.39. The molecule has 0 saturated heterocycles. The van der Waals surface area contributed by atoms with Crippen molar-refractivity contribution in [3.63, 3.8) is 0 Å². The third-order valence-corrected chi connectivity index (χ3v) is 3.01. The number of nitrogen functional groups attached to an aromatic ring is 1. The van der Waals surface area contributed by atoms with Crippen LogP contribution in [-0.4, -0.2) is 30.6 Å². The van der Waals surface area contributed by atoms with Crippen molar-refractivity contribution in [2.75, 3.05) is 30.7 Å². The Morgan fingerprint density at radius 2 is 2.06 bits per heavy atom. The van der Waals surface area contributed by atoms with Gasteiger partial charge in [-0.2, -0.15) is 5.26 Å². The zero-order chi connectivity index (χ0) is 13.5. The summed E-state index contributed by atoms with van der Waals surface area (Å²) in [5.41, 5.74) is 7.69. The van der Waals surface area contributed by atoms with E-state index in [9.17, 15) is 0 Å². The molecule has 98 valence electrons. The van der Waals surface area contributed by atoms with Gasteiger partial charge in [0.1, 0.15) is 6.07 Å². The number of likely N-dealkylation sites (N-methyl/N-ethyl adjacent to an activating group) is 1. The number of nitriles is 1. The number of benzene rings is 1. The van der Waals surface area contributed by atoms with E-state index in [1.54, 1.807) is 12.1 Å². The van der Waals surface area contributed by atoms with E-state index >= 15 is 0 Å². The number of hydrogen-bond donors (Lipinski definition) is 2. The molecule has 0 radical (unpaired) electrons. The minimum atomic E-state index is 0.333. The fourth-order valence-electron chi connectivity index (χ4n) is 1.94. The maximum atomic E-state index is 8.93. The van der Waals surface area contributed by atoms with Crippen molar-refractivity contribution in [2.24, 2.45) is 0 Å². The molecule has 1 rings (SSSR count). The molecule has 0 aliphatic carbocycles. The molecule has 1 aromatic rings. The van der Waals surface area contributed by atoms with Crippen molar-refractivity contribution in [1.29, 1.82) is 5.26 Å². The monoisotopic (exact) mass is 246 g/mol. The molecule has 1 atom stereocenters. The van der Waals surface area contributed by atoms with Crippen molar-refractivity contribution in [3.05, 3.63) is 23.8 Å². The molecule has 0 spiro atoms. The highest BCUT2D eigenvalue weighted by Gasteiger charge is 2.08. The van der Waals surface area contributed by atoms with E-state index in [0.717, 1.165) is 25.3 Å². The predicted octanol–water partition coefficient (Wildman–Crippen LogP) is 2.28. The Morgan fingerprint density at radius 3 is 2.61 bits per heavy atom. The van der Waals surface area contributed by atoms with E-state index in [1.165, 1.54) is 0 Å². The average molecular weight is 246 g/mol. The zero-order valence-corrected chi connectivity index (χ0v) is 11.4. The van der Waals surface area contributed by atoms with Crippen LogP contribution in [0.3, 0.4) is 0 Å². The van der Waals surface area contributed by atoms with Crippen molar-refractivity contribution >= 4 is 11.4 Å². The largest absolute Gasteiger partial charge is 0.398 e. The Morgan fingerprint density at radius 1 is 1.39 bits per heavy atom. The number of rotatable bonds is 6. The lowest BCUT2D eigenvalue weighted by molar-refractivity contribution is 0.295. The van der Waals surface area contributed by atoms with Gasteiger partial charge in [-0.25, -0.2) is 0 Å². The Bertz CT molecular complexity index is 418. The molecule has 0 amide bonds. The van der Waals surface area contributed by atoms with Crippen LogP contribution in [0.15, 0.2) is 18.2 Å². The van der Waals surface area contributed by atoms with Gasteiger partial charge >= 0.3 is 0 Å². The quantitative estimate of drug-likeness (QED) is 0.756. The number of anilines is 2. The summed E-state index contributed by atoms with van der Waals surface area (Å²) in [6.45, 7) is 9.54. The normalized spacial score (nSPS) is 12.2. The van der Waals surface area contributed by atoms with Gasteiger partial charge in [0.2, 0.25) is 0 Å². The molecule has 0 heterocycles. The Balaban J connectivity index is 2.65. The highest BCUT2D eigenvalue weighted by Crippen LogP contribution is 2.17. The number of nitrogens with one attached hydrogen (secondary N) is 1. The first kappa shape index (κ1) is 14.3. The van der Waals surface area contributed by atoms with E-state index in [2.05, 4.69) is 37.1 Å². The minimum absolute atomic E-state index is 0.333. The number of hydrogen-bond acceptors (Lipinski definition) is 4. The summed E-state index contributed by atoms with van der Waals surface area (Å²) in [5, 5.41) is 12.3. The van der Waals surface area contributed by atoms with E-state index in [4.69, 9.17) is 11.0 Å². The summed E-state index contributed by atoms with van der Waals surface area (Å²) in [5.74, 6) is 0. The van der Waals surface area contributed by atoms with Gasteiger partial charge in [-0.15, -0.1) is 0 Å². The van der Waals surface area contributed by atoms with Gasteiger partial charge in [-0.3, -0.25) is 0 Å². The topological polar surface area (TPSA) is 65.1 Å². The van der Waals surface area contributed by atoms with Gasteiger partial charge in [0.25, 0.3) is 0 Å². The minimum Gasteiger partial charge on any atom is -0.398 e. The Kier molecular flexibility index (Phi) is 5.47. The molecule has 3 N–H and O–H groups in total. The first-order chi connectivity index (χ1) is 8.60. The van der Waals surface area contributed by atoms with Crippen molar-refractivity contribution < 1.29 is 0 Å². The van der Waals surface area contributed by atoms with Gasteiger partial charge in [0.15, 0.2) is 0 Å². The van der Waals surface area contributed by atoms with Crippen molar-refractivity contribution in [1.82, 2.24) is 4.90 Å². The molecule has 1 unspecified atom stereocenters. The van der Waals surface area contributed by atoms with Gasteiger partial charge in [0, 0.05) is 24.0 Å². The Labute approximate surface area is 109 Å². The molecule has 0 saturated carbocycles. The molecule has 0 fully saturated rings. The highest BCUT2D eigenvalue weighted by atomic mass is 15.1. The molecule has 0 bridgehead atoms. The first-order valence-electron chi connectivity index (χ1n) is 6.39. The van der Waals surface area contributed by atoms with Gasteiger partial charge in [0.05, 0.1) is 5.56 Å². The SMILES string of the molecule is CCN(CC)CC(C)Nc1ccc(N)c(C#N)c1. The molecule has 4 heteroatoms. The zero-order valence-electron chi connectivity index (χ0n) is 11.4. The lowest BCUT2D eigenvalue weighted by Crippen LogP contribution is -2.34. The van der Waals surface area contributed by atoms with Gasteiger partial charge in [-0.1, -0.05) is 13.8 Å². The van der Waals surface area contributed by atoms with Crippen LogP contribution in [0.1, 0.15) is 26.3 Å². The van der Waals surface area contributed by atoms with Gasteiger partial charge in [-0.05, 0) is 38.2 Å². The molecule has 0 aliphatic rings. The predicted molar refractivity (Wildman–Crippen MR) is 76.4 cm³/mol. The lowest BCUT2D eigenvalue weighted by atomic mass is 10.1. The fraction of sp³-hybridized carbons (Fsp3) is 0.500. The standard InChI is InChI=1S/C14H22N4/c1-4-18(5-2)10-11(3)17-13-6-7-14(16)12(8-13)9-15/h6-8,11,17H,4-5,10,16H2,1-3H3. The van der Waals surface area contributed by atoms with Crippen LogP contribution >= 0.6 is 0 Å². The lowest BCUT2D eigenvalue weighted by Gasteiger charge is -2.24. The van der Waals surface area contributed by atoms with E-state index in [0.29, 0.717) is 17.3 Å². The summed E-state index contributed by atoms with van der Waals surface area (Å²) in [6.07, 6.45) is 0. The van der Waals surface area contributed by atoms with Crippen LogP contribution in [0.2, 0.25) is 0 Å². The molecule has 0 aromatic heterocycles.